The summed E-state index contributed by atoms with van der Waals surface area (Å²) in [6, 6.07) is 5.56. The van der Waals surface area contributed by atoms with Crippen LogP contribution >= 0.6 is 0 Å². The quantitative estimate of drug-likeness (QED) is 0.463. The van der Waals surface area contributed by atoms with Crippen molar-refractivity contribution >= 4 is 5.97 Å². The molecule has 102 valence electrons. The molecule has 2 nitrogen and oxygen atoms in total. The summed E-state index contributed by atoms with van der Waals surface area (Å²) in [5, 5.41) is 0. The number of carbonyl (C=O) groups excluding carboxylic acids is 1. The van der Waals surface area contributed by atoms with E-state index in [0.29, 0.717) is 11.7 Å². The van der Waals surface area contributed by atoms with Crippen molar-refractivity contribution in [3.63, 3.8) is 0 Å². The third-order valence-corrected chi connectivity index (χ3v) is 3.71. The molecule has 19 heavy (non-hydrogen) atoms. The molecule has 0 unspecified atom stereocenters. The Kier molecular flexibility index (Phi) is 4.72. The maximum Gasteiger partial charge on any atom is 0.314 e. The Bertz CT molecular complexity index is 431. The fourth-order valence-electron chi connectivity index (χ4n) is 2.57. The molecule has 0 bridgehead atoms. The van der Waals surface area contributed by atoms with Gasteiger partial charge in [-0.15, -0.1) is 6.58 Å². The first-order chi connectivity index (χ1) is 9.19. The number of allylic oxidation sites excluding steroid dienone is 1. The SMILES string of the molecule is C=CC[C@H]1CC[C@H](C(=O)Oc2ccc(F)cc2)CC1. The number of hydrogen-bond donors (Lipinski definition) is 0. The summed E-state index contributed by atoms with van der Waals surface area (Å²) < 4.78 is 18.0. The number of halogens is 1. The molecule has 0 aliphatic heterocycles. The molecule has 1 saturated carbocycles. The number of benzene rings is 1. The van der Waals surface area contributed by atoms with Crippen molar-refractivity contribution in [2.75, 3.05) is 0 Å². The molecular weight excluding hydrogens is 243 g/mol. The molecule has 0 spiro atoms. The highest BCUT2D eigenvalue weighted by atomic mass is 19.1. The largest absolute Gasteiger partial charge is 0.426 e. The summed E-state index contributed by atoms with van der Waals surface area (Å²) in [5.74, 6) is 0.534. The Morgan fingerprint density at radius 3 is 2.47 bits per heavy atom. The lowest BCUT2D eigenvalue weighted by Crippen LogP contribution is -2.25. The molecule has 0 radical (unpaired) electrons. The van der Waals surface area contributed by atoms with E-state index >= 15 is 0 Å². The predicted molar refractivity (Wildman–Crippen MR) is 72.3 cm³/mol. The Hall–Kier alpha value is -1.64. The summed E-state index contributed by atoms with van der Waals surface area (Å²) in [7, 11) is 0. The second kappa shape index (κ2) is 6.50. The molecule has 2 rings (SSSR count). The third kappa shape index (κ3) is 3.91. The van der Waals surface area contributed by atoms with Gasteiger partial charge in [-0.2, -0.15) is 0 Å². The molecule has 1 aromatic rings. The van der Waals surface area contributed by atoms with E-state index in [1.165, 1.54) is 24.3 Å². The van der Waals surface area contributed by atoms with Crippen LogP contribution in [0.25, 0.3) is 0 Å². The first kappa shape index (κ1) is 13.8. The zero-order valence-corrected chi connectivity index (χ0v) is 11.0. The van der Waals surface area contributed by atoms with Gasteiger partial charge in [-0.05, 0) is 62.3 Å². The van der Waals surface area contributed by atoms with Crippen molar-refractivity contribution in [1.29, 1.82) is 0 Å². The van der Waals surface area contributed by atoms with Crippen molar-refractivity contribution in [1.82, 2.24) is 0 Å². The van der Waals surface area contributed by atoms with Crippen molar-refractivity contribution in [2.45, 2.75) is 32.1 Å². The van der Waals surface area contributed by atoms with Gasteiger partial charge in [0, 0.05) is 0 Å². The van der Waals surface area contributed by atoms with E-state index in [4.69, 9.17) is 4.74 Å². The van der Waals surface area contributed by atoms with E-state index in [2.05, 4.69) is 6.58 Å². The topological polar surface area (TPSA) is 26.3 Å². The van der Waals surface area contributed by atoms with E-state index in [1.54, 1.807) is 0 Å². The van der Waals surface area contributed by atoms with Gasteiger partial charge in [-0.25, -0.2) is 4.39 Å². The molecule has 1 fully saturated rings. The minimum absolute atomic E-state index is 0.0221. The Labute approximate surface area is 113 Å². The first-order valence-corrected chi connectivity index (χ1v) is 6.77. The maximum absolute atomic E-state index is 12.7. The third-order valence-electron chi connectivity index (χ3n) is 3.71. The average molecular weight is 262 g/mol. The number of esters is 1. The fourth-order valence-corrected chi connectivity index (χ4v) is 2.57. The van der Waals surface area contributed by atoms with Crippen LogP contribution < -0.4 is 4.74 Å². The van der Waals surface area contributed by atoms with E-state index < -0.39 is 0 Å². The zero-order valence-electron chi connectivity index (χ0n) is 11.0. The summed E-state index contributed by atoms with van der Waals surface area (Å²) in [6.45, 7) is 3.75. The lowest BCUT2D eigenvalue weighted by molar-refractivity contribution is -0.140. The molecule has 0 aromatic heterocycles. The number of hydrogen-bond acceptors (Lipinski definition) is 2. The van der Waals surface area contributed by atoms with E-state index in [1.807, 2.05) is 6.08 Å². The van der Waals surface area contributed by atoms with Gasteiger partial charge >= 0.3 is 5.97 Å². The summed E-state index contributed by atoms with van der Waals surface area (Å²) >= 11 is 0. The zero-order chi connectivity index (χ0) is 13.7. The smallest absolute Gasteiger partial charge is 0.314 e. The van der Waals surface area contributed by atoms with Crippen LogP contribution in [-0.4, -0.2) is 5.97 Å². The van der Waals surface area contributed by atoms with E-state index in [-0.39, 0.29) is 17.7 Å². The van der Waals surface area contributed by atoms with Gasteiger partial charge in [-0.1, -0.05) is 6.08 Å². The highest BCUT2D eigenvalue weighted by Crippen LogP contribution is 2.31. The van der Waals surface area contributed by atoms with Gasteiger partial charge in [0.05, 0.1) is 5.92 Å². The van der Waals surface area contributed by atoms with Crippen molar-refractivity contribution < 1.29 is 13.9 Å². The van der Waals surface area contributed by atoms with Crippen molar-refractivity contribution in [2.24, 2.45) is 11.8 Å². The van der Waals surface area contributed by atoms with Gasteiger partial charge in [-0.3, -0.25) is 4.79 Å². The van der Waals surface area contributed by atoms with Gasteiger partial charge in [0.2, 0.25) is 0 Å². The molecule has 1 aromatic carbocycles. The minimum atomic E-state index is -0.329. The maximum atomic E-state index is 12.7. The molecule has 3 heteroatoms. The Balaban J connectivity index is 1.84. The average Bonchev–Trinajstić information content (AvgIpc) is 2.42. The van der Waals surface area contributed by atoms with Crippen LogP contribution in [0.2, 0.25) is 0 Å². The summed E-state index contributed by atoms with van der Waals surface area (Å²) in [6.07, 6.45) is 6.82. The normalized spacial score (nSPS) is 22.8. The predicted octanol–water partition coefficient (Wildman–Crippen LogP) is 4.11. The Morgan fingerprint density at radius 2 is 1.89 bits per heavy atom. The first-order valence-electron chi connectivity index (χ1n) is 6.77. The molecule has 0 N–H and O–H groups in total. The van der Waals surface area contributed by atoms with Crippen LogP contribution in [0.15, 0.2) is 36.9 Å². The van der Waals surface area contributed by atoms with Crippen molar-refractivity contribution in [3.05, 3.63) is 42.7 Å². The van der Waals surface area contributed by atoms with Gasteiger partial charge in [0.1, 0.15) is 11.6 Å². The molecule has 0 atom stereocenters. The van der Waals surface area contributed by atoms with Crippen LogP contribution in [0.4, 0.5) is 4.39 Å². The molecule has 0 saturated heterocycles. The lowest BCUT2D eigenvalue weighted by atomic mass is 9.80. The number of carbonyl (C=O) groups is 1. The molecule has 1 aliphatic carbocycles. The lowest BCUT2D eigenvalue weighted by Gasteiger charge is -2.26. The molecule has 1 aliphatic rings. The van der Waals surface area contributed by atoms with Crippen LogP contribution in [0.5, 0.6) is 5.75 Å². The van der Waals surface area contributed by atoms with Crippen LogP contribution in [0, 0.1) is 17.7 Å². The van der Waals surface area contributed by atoms with Crippen LogP contribution in [0.3, 0.4) is 0 Å². The molecular formula is C16H19FO2. The monoisotopic (exact) mass is 262 g/mol. The second-order valence-electron chi connectivity index (χ2n) is 5.12. The Morgan fingerprint density at radius 1 is 1.26 bits per heavy atom. The fraction of sp³-hybridized carbons (Fsp3) is 0.438. The number of ether oxygens (including phenoxy) is 1. The van der Waals surface area contributed by atoms with E-state index in [9.17, 15) is 9.18 Å². The van der Waals surface area contributed by atoms with Crippen LogP contribution in [0.1, 0.15) is 32.1 Å². The molecule has 0 heterocycles. The summed E-state index contributed by atoms with van der Waals surface area (Å²) in [4.78, 5) is 12.0. The van der Waals surface area contributed by atoms with Gasteiger partial charge in [0.25, 0.3) is 0 Å². The van der Waals surface area contributed by atoms with Crippen molar-refractivity contribution in [3.8, 4) is 5.75 Å². The summed E-state index contributed by atoms with van der Waals surface area (Å²) in [5.41, 5.74) is 0. The van der Waals surface area contributed by atoms with Gasteiger partial charge < -0.3 is 4.74 Å². The van der Waals surface area contributed by atoms with E-state index in [0.717, 1.165) is 32.1 Å². The highest BCUT2D eigenvalue weighted by molar-refractivity contribution is 5.75. The molecule has 0 amide bonds. The second-order valence-corrected chi connectivity index (χ2v) is 5.12. The minimum Gasteiger partial charge on any atom is -0.426 e. The number of rotatable bonds is 4. The van der Waals surface area contributed by atoms with Gasteiger partial charge in [0.15, 0.2) is 0 Å². The highest BCUT2D eigenvalue weighted by Gasteiger charge is 2.27. The van der Waals surface area contributed by atoms with Crippen LogP contribution in [-0.2, 0) is 4.79 Å². The standard InChI is InChI=1S/C16H19FO2/c1-2-3-12-4-6-13(7-5-12)16(18)19-15-10-8-14(17)9-11-15/h2,8-13H,1,3-7H2/t12-,13-.